The number of aromatic nitrogens is 2. The van der Waals surface area contributed by atoms with Crippen molar-refractivity contribution in [2.45, 2.75) is 44.0 Å². The van der Waals surface area contributed by atoms with Gasteiger partial charge >= 0.3 is 0 Å². The Kier molecular flexibility index (Phi) is 3.65. The van der Waals surface area contributed by atoms with Gasteiger partial charge in [-0.1, -0.05) is 36.4 Å². The molecule has 3 aliphatic rings. The summed E-state index contributed by atoms with van der Waals surface area (Å²) in [6.07, 6.45) is 0.337. The van der Waals surface area contributed by atoms with Gasteiger partial charge in [0.1, 0.15) is 12.3 Å². The van der Waals surface area contributed by atoms with Crippen LogP contribution in [0.2, 0.25) is 0 Å². The van der Waals surface area contributed by atoms with Gasteiger partial charge in [0.2, 0.25) is 0 Å². The Morgan fingerprint density at radius 1 is 1.06 bits per heavy atom. The van der Waals surface area contributed by atoms with Crippen LogP contribution in [-0.2, 0) is 21.7 Å². The molecule has 176 valence electrons. The molecule has 0 radical (unpaired) electrons. The van der Waals surface area contributed by atoms with Crippen molar-refractivity contribution in [2.75, 3.05) is 14.2 Å². The van der Waals surface area contributed by atoms with E-state index in [0.717, 1.165) is 61.2 Å². The number of benzene rings is 3. The van der Waals surface area contributed by atoms with Gasteiger partial charge in [-0.05, 0) is 31.7 Å². The lowest BCUT2D eigenvalue weighted by Gasteiger charge is -2.48. The number of ether oxygens (including phenoxy) is 2. The SMILES string of the molecule is CN[C@@H]1C[C@H]2O[C@@](C)(C1OC)n1c3ccccc3c3c4c(c5c6ccccc6n2c5c31)C(=O)NC4. The Hall–Kier alpha value is -3.39. The van der Waals surface area contributed by atoms with E-state index in [1.165, 1.54) is 0 Å². The summed E-state index contributed by atoms with van der Waals surface area (Å²) in [6.45, 7) is 2.68. The largest absolute Gasteiger partial charge is 0.375 e. The van der Waals surface area contributed by atoms with Gasteiger partial charge in [0.05, 0.1) is 27.6 Å². The predicted molar refractivity (Wildman–Crippen MR) is 136 cm³/mol. The lowest BCUT2D eigenvalue weighted by molar-refractivity contribution is -0.256. The van der Waals surface area contributed by atoms with Crippen LogP contribution in [0.15, 0.2) is 48.5 Å². The van der Waals surface area contributed by atoms with Gasteiger partial charge in [-0.3, -0.25) is 4.79 Å². The number of nitrogens with one attached hydrogen (secondary N) is 2. The first-order valence-electron chi connectivity index (χ1n) is 12.3. The molecule has 7 heteroatoms. The number of para-hydroxylation sites is 2. The lowest BCUT2D eigenvalue weighted by Crippen LogP contribution is -2.59. The van der Waals surface area contributed by atoms with E-state index in [4.69, 9.17) is 9.47 Å². The third-order valence-corrected chi connectivity index (χ3v) is 8.60. The summed E-state index contributed by atoms with van der Waals surface area (Å²) in [4.78, 5) is 13.3. The van der Waals surface area contributed by atoms with Crippen LogP contribution in [-0.4, -0.2) is 41.3 Å². The zero-order chi connectivity index (χ0) is 23.6. The highest BCUT2D eigenvalue weighted by atomic mass is 16.6. The summed E-state index contributed by atoms with van der Waals surface area (Å²) in [5, 5.41) is 11.0. The second-order valence-corrected chi connectivity index (χ2v) is 10.1. The molecule has 0 spiro atoms. The number of methoxy groups -OCH3 is 1. The molecule has 4 atom stereocenters. The maximum atomic E-state index is 13.3. The van der Waals surface area contributed by atoms with Gasteiger partial charge in [-0.25, -0.2) is 0 Å². The van der Waals surface area contributed by atoms with E-state index in [-0.39, 0.29) is 24.3 Å². The number of carbonyl (C=O) groups excluding carboxylic acids is 1. The number of amides is 1. The fourth-order valence-electron chi connectivity index (χ4n) is 7.33. The van der Waals surface area contributed by atoms with Crippen LogP contribution in [0.4, 0.5) is 0 Å². The zero-order valence-electron chi connectivity index (χ0n) is 19.9. The maximum Gasteiger partial charge on any atom is 0.252 e. The second-order valence-electron chi connectivity index (χ2n) is 10.1. The van der Waals surface area contributed by atoms with E-state index in [0.29, 0.717) is 6.54 Å². The molecule has 7 nitrogen and oxygen atoms in total. The molecule has 1 fully saturated rings. The van der Waals surface area contributed by atoms with E-state index in [2.05, 4.69) is 75.2 Å². The highest BCUT2D eigenvalue weighted by Gasteiger charge is 2.53. The van der Waals surface area contributed by atoms with Crippen LogP contribution in [0.3, 0.4) is 0 Å². The minimum atomic E-state index is -0.760. The van der Waals surface area contributed by atoms with Crippen LogP contribution in [0, 0.1) is 0 Å². The number of hydrogen-bond donors (Lipinski definition) is 2. The summed E-state index contributed by atoms with van der Waals surface area (Å²) in [5.74, 6) is 0.00357. The van der Waals surface area contributed by atoms with Gasteiger partial charge in [0, 0.05) is 47.7 Å². The molecule has 2 aromatic heterocycles. The van der Waals surface area contributed by atoms with E-state index < -0.39 is 5.72 Å². The zero-order valence-corrected chi connectivity index (χ0v) is 19.9. The molecule has 2 N–H and O–H groups in total. The van der Waals surface area contributed by atoms with E-state index in [1.54, 1.807) is 7.11 Å². The van der Waals surface area contributed by atoms with Crippen molar-refractivity contribution in [1.82, 2.24) is 19.8 Å². The Labute approximate surface area is 201 Å². The van der Waals surface area contributed by atoms with E-state index >= 15 is 0 Å². The highest BCUT2D eigenvalue weighted by molar-refractivity contribution is 6.31. The quantitative estimate of drug-likeness (QED) is 0.406. The standard InChI is InChI=1S/C28H26N4O3/c1-28-26(34-3)17(29-2)12-20(35-28)31-18-10-6-4-8-14(18)22-23-16(13-30-27(23)33)21-15-9-5-7-11-19(15)32(28)25(21)24(22)31/h4-11,17,20,26,29H,12-13H2,1-3H3,(H,30,33)/t17-,20-,26?,28+/m1/s1. The van der Waals surface area contributed by atoms with Crippen molar-refractivity contribution in [1.29, 1.82) is 0 Å². The second kappa shape index (κ2) is 6.43. The monoisotopic (exact) mass is 466 g/mol. The Bertz CT molecular complexity index is 1750. The van der Waals surface area contributed by atoms with Crippen LogP contribution in [0.25, 0.3) is 43.6 Å². The lowest BCUT2D eigenvalue weighted by atomic mass is 9.93. The van der Waals surface area contributed by atoms with Gasteiger partial charge in [0.15, 0.2) is 5.72 Å². The van der Waals surface area contributed by atoms with Crippen molar-refractivity contribution in [3.05, 3.63) is 59.7 Å². The average Bonchev–Trinajstić information content (AvgIpc) is 3.51. The molecule has 3 aliphatic heterocycles. The first-order valence-corrected chi connectivity index (χ1v) is 12.3. The number of rotatable bonds is 2. The van der Waals surface area contributed by atoms with E-state index in [1.807, 2.05) is 7.05 Å². The highest BCUT2D eigenvalue weighted by Crippen LogP contribution is 2.53. The topological polar surface area (TPSA) is 69.5 Å². The fraction of sp³-hybridized carbons (Fsp3) is 0.321. The van der Waals surface area contributed by atoms with Crippen molar-refractivity contribution in [3.63, 3.8) is 0 Å². The number of fused-ring (bicyclic) bond motifs is 13. The molecule has 0 aliphatic carbocycles. The first-order chi connectivity index (χ1) is 17.1. The molecule has 35 heavy (non-hydrogen) atoms. The number of carbonyl (C=O) groups is 1. The summed E-state index contributed by atoms with van der Waals surface area (Å²) in [7, 11) is 3.77. The summed E-state index contributed by atoms with van der Waals surface area (Å²) >= 11 is 0. The van der Waals surface area contributed by atoms with Crippen molar-refractivity contribution < 1.29 is 14.3 Å². The molecule has 5 aromatic rings. The summed E-state index contributed by atoms with van der Waals surface area (Å²) < 4.78 is 18.0. The van der Waals surface area contributed by atoms with Crippen molar-refractivity contribution >= 4 is 49.5 Å². The van der Waals surface area contributed by atoms with Crippen LogP contribution >= 0.6 is 0 Å². The minimum Gasteiger partial charge on any atom is -0.375 e. The molecule has 1 unspecified atom stereocenters. The minimum absolute atomic E-state index is 0.00357. The van der Waals surface area contributed by atoms with Crippen LogP contribution in [0.5, 0.6) is 0 Å². The van der Waals surface area contributed by atoms with Gasteiger partial charge in [0.25, 0.3) is 5.91 Å². The van der Waals surface area contributed by atoms with Crippen LogP contribution < -0.4 is 10.6 Å². The number of nitrogens with zero attached hydrogens (tertiary/aromatic N) is 2. The third kappa shape index (κ3) is 2.12. The van der Waals surface area contributed by atoms with Crippen molar-refractivity contribution in [2.24, 2.45) is 0 Å². The summed E-state index contributed by atoms with van der Waals surface area (Å²) in [6, 6.07) is 17.0. The van der Waals surface area contributed by atoms with E-state index in [9.17, 15) is 4.79 Å². The normalized spacial score (nSPS) is 27.3. The smallest absolute Gasteiger partial charge is 0.252 e. The molecule has 0 saturated carbocycles. The predicted octanol–water partition coefficient (Wildman–Crippen LogP) is 4.35. The molecule has 1 saturated heterocycles. The fourth-order valence-corrected chi connectivity index (χ4v) is 7.33. The molecule has 2 bridgehead atoms. The molecular weight excluding hydrogens is 440 g/mol. The van der Waals surface area contributed by atoms with Gasteiger partial charge in [-0.2, -0.15) is 0 Å². The number of likely N-dealkylation sites (N-methyl/N-ethyl adjacent to an activating group) is 1. The maximum absolute atomic E-state index is 13.3. The van der Waals surface area contributed by atoms with Gasteiger partial charge < -0.3 is 29.2 Å². The molecule has 1 amide bonds. The van der Waals surface area contributed by atoms with Gasteiger partial charge in [-0.15, -0.1) is 0 Å². The van der Waals surface area contributed by atoms with Crippen molar-refractivity contribution in [3.8, 4) is 0 Å². The first kappa shape index (κ1) is 19.9. The molecular formula is C28H26N4O3. The molecule has 5 heterocycles. The third-order valence-electron chi connectivity index (χ3n) is 8.60. The van der Waals surface area contributed by atoms with Crippen LogP contribution in [0.1, 0.15) is 35.5 Å². The summed E-state index contributed by atoms with van der Waals surface area (Å²) in [5.41, 5.74) is 5.51. The number of hydrogen-bond acceptors (Lipinski definition) is 4. The molecule has 3 aromatic carbocycles. The molecule has 8 rings (SSSR count). The average molecular weight is 467 g/mol. The Morgan fingerprint density at radius 3 is 2.51 bits per heavy atom. The Morgan fingerprint density at radius 2 is 1.77 bits per heavy atom. The Balaban J connectivity index is 1.72.